The van der Waals surface area contributed by atoms with Gasteiger partial charge in [-0.3, -0.25) is 14.4 Å². The van der Waals surface area contributed by atoms with Crippen LogP contribution in [-0.4, -0.2) is 39.9 Å². The van der Waals surface area contributed by atoms with E-state index in [1.807, 2.05) is 41.5 Å². The van der Waals surface area contributed by atoms with Crippen LogP contribution in [0, 0.1) is 0 Å². The Hall–Kier alpha value is -2.57. The molecule has 1 atom stereocenters. The van der Waals surface area contributed by atoms with Crippen LogP contribution in [0.2, 0.25) is 0 Å². The summed E-state index contributed by atoms with van der Waals surface area (Å²) in [5.74, 6) is -0.556. The van der Waals surface area contributed by atoms with E-state index in [4.69, 9.17) is 5.73 Å². The maximum absolute atomic E-state index is 12.2. The second-order valence-corrected chi connectivity index (χ2v) is 6.81. The van der Waals surface area contributed by atoms with Crippen molar-refractivity contribution in [1.82, 2.24) is 4.90 Å². The molecule has 152 valence electrons. The Labute approximate surface area is 161 Å². The molecular weight excluding hydrogens is 348 g/mol. The van der Waals surface area contributed by atoms with E-state index < -0.39 is 11.9 Å². The number of ether oxygens (including phenoxy) is 1. The van der Waals surface area contributed by atoms with Gasteiger partial charge in [0.2, 0.25) is 5.91 Å². The predicted octanol–water partition coefficient (Wildman–Crippen LogP) is 2.99. The topological polar surface area (TPSA) is 110 Å². The number of nitrogens with zero attached hydrogens (tertiary/aromatic N) is 1. The summed E-state index contributed by atoms with van der Waals surface area (Å²) >= 11 is 0. The van der Waals surface area contributed by atoms with Gasteiger partial charge in [0, 0.05) is 12.1 Å². The van der Waals surface area contributed by atoms with E-state index in [2.05, 4.69) is 4.74 Å². The lowest BCUT2D eigenvalue weighted by molar-refractivity contribution is -0.138. The molecule has 0 saturated heterocycles. The summed E-state index contributed by atoms with van der Waals surface area (Å²) in [7, 11) is 0. The van der Waals surface area contributed by atoms with E-state index >= 15 is 0 Å². The van der Waals surface area contributed by atoms with Crippen LogP contribution in [-0.2, 0) is 20.9 Å². The predicted molar refractivity (Wildman–Crippen MR) is 104 cm³/mol. The molecule has 1 unspecified atom stereocenters. The van der Waals surface area contributed by atoms with Crippen LogP contribution in [0.1, 0.15) is 70.3 Å². The highest BCUT2D eigenvalue weighted by molar-refractivity contribution is 6.01. The molecule has 0 fully saturated rings. The van der Waals surface area contributed by atoms with Crippen molar-refractivity contribution >= 4 is 18.3 Å². The molecule has 2 amide bonds. The van der Waals surface area contributed by atoms with Crippen LogP contribution in [0.4, 0.5) is 0 Å². The van der Waals surface area contributed by atoms with Crippen molar-refractivity contribution in [3.63, 3.8) is 0 Å². The Bertz CT molecular complexity index is 638. The minimum Gasteiger partial charge on any atom is -0.508 e. The Morgan fingerprint density at radius 2 is 1.96 bits per heavy atom. The first-order valence-electron chi connectivity index (χ1n) is 9.14. The number of carbonyl (C=O) groups excluding carboxylic acids is 3. The Kier molecular flexibility index (Phi) is 10.1. The monoisotopic (exact) mass is 380 g/mol. The number of amides is 2. The summed E-state index contributed by atoms with van der Waals surface area (Å²) in [5.41, 5.74) is 6.31. The standard InChI is InChI=1S/C13H16N2O3.C5H10O2.C2H6/c1-2-3-11(12(14)17)15-7-8-6-9(16)4-5-10(8)13(15)18;1-5(2,3)7-4-6;1-2/h4-6,11,16H,2-3,7H2,1H3,(H2,14,17);4H,1-3H3;1-2H3. The molecule has 1 aromatic rings. The zero-order valence-electron chi connectivity index (χ0n) is 17.1. The van der Waals surface area contributed by atoms with Crippen LogP contribution in [0.5, 0.6) is 5.75 Å². The number of phenolic OH excluding ortho intramolecular Hbond substituents is 1. The van der Waals surface area contributed by atoms with Crippen molar-refractivity contribution in [2.45, 2.75) is 72.6 Å². The van der Waals surface area contributed by atoms with Gasteiger partial charge in [0.15, 0.2) is 0 Å². The van der Waals surface area contributed by atoms with Gasteiger partial charge in [-0.25, -0.2) is 0 Å². The maximum Gasteiger partial charge on any atom is 0.293 e. The van der Waals surface area contributed by atoms with Crippen molar-refractivity contribution < 1.29 is 24.2 Å². The van der Waals surface area contributed by atoms with Crippen molar-refractivity contribution in [1.29, 1.82) is 0 Å². The highest BCUT2D eigenvalue weighted by Crippen LogP contribution is 2.28. The summed E-state index contributed by atoms with van der Waals surface area (Å²) in [6.07, 6.45) is 1.33. The first kappa shape index (κ1) is 24.4. The van der Waals surface area contributed by atoms with E-state index in [1.165, 1.54) is 11.0 Å². The largest absolute Gasteiger partial charge is 0.508 e. The SMILES string of the molecule is CC.CC(C)(C)OC=O.CCCC(C(N)=O)N1Cc2cc(O)ccc2C1=O. The van der Waals surface area contributed by atoms with Crippen molar-refractivity contribution in [2.24, 2.45) is 5.73 Å². The quantitative estimate of drug-likeness (QED) is 0.763. The second-order valence-electron chi connectivity index (χ2n) is 6.81. The van der Waals surface area contributed by atoms with E-state index in [0.717, 1.165) is 12.0 Å². The molecule has 1 heterocycles. The number of primary amides is 1. The number of phenols is 1. The highest BCUT2D eigenvalue weighted by Gasteiger charge is 2.34. The number of fused-ring (bicyclic) bond motifs is 1. The Balaban J connectivity index is 0.000000637. The number of hydrogen-bond acceptors (Lipinski definition) is 5. The molecule has 3 N–H and O–H groups in total. The van der Waals surface area contributed by atoms with Gasteiger partial charge in [-0.1, -0.05) is 27.2 Å². The van der Waals surface area contributed by atoms with E-state index in [-0.39, 0.29) is 17.3 Å². The second kappa shape index (κ2) is 11.2. The van der Waals surface area contributed by atoms with Gasteiger partial charge in [-0.2, -0.15) is 0 Å². The van der Waals surface area contributed by atoms with Crippen LogP contribution in [0.3, 0.4) is 0 Å². The van der Waals surface area contributed by atoms with Gasteiger partial charge in [0.1, 0.15) is 17.4 Å². The van der Waals surface area contributed by atoms with E-state index in [9.17, 15) is 19.5 Å². The van der Waals surface area contributed by atoms with Crippen LogP contribution >= 0.6 is 0 Å². The first-order chi connectivity index (χ1) is 12.6. The smallest absolute Gasteiger partial charge is 0.293 e. The normalized spacial score (nSPS) is 13.4. The van der Waals surface area contributed by atoms with Gasteiger partial charge in [-0.15, -0.1) is 0 Å². The third-order valence-corrected chi connectivity index (χ3v) is 3.59. The summed E-state index contributed by atoms with van der Waals surface area (Å²) in [6, 6.07) is 4.03. The summed E-state index contributed by atoms with van der Waals surface area (Å²) in [4.78, 5) is 34.7. The van der Waals surface area contributed by atoms with Gasteiger partial charge in [-0.05, 0) is 51.0 Å². The minimum absolute atomic E-state index is 0.120. The molecule has 0 aliphatic carbocycles. The molecule has 1 aliphatic heterocycles. The number of nitrogens with two attached hydrogens (primary N) is 1. The minimum atomic E-state index is -0.572. The molecule has 7 nitrogen and oxygen atoms in total. The Morgan fingerprint density at radius 1 is 1.37 bits per heavy atom. The fourth-order valence-electron chi connectivity index (χ4n) is 2.45. The fraction of sp³-hybridized carbons (Fsp3) is 0.550. The number of hydrogen-bond donors (Lipinski definition) is 2. The zero-order valence-corrected chi connectivity index (χ0v) is 17.1. The zero-order chi connectivity index (χ0) is 21.2. The molecular formula is C20H32N2O5. The van der Waals surface area contributed by atoms with Gasteiger partial charge in [0.25, 0.3) is 12.4 Å². The van der Waals surface area contributed by atoms with Crippen LogP contribution in [0.25, 0.3) is 0 Å². The molecule has 1 aromatic carbocycles. The van der Waals surface area contributed by atoms with Crippen LogP contribution in [0.15, 0.2) is 18.2 Å². The molecule has 0 radical (unpaired) electrons. The van der Waals surface area contributed by atoms with Gasteiger partial charge < -0.3 is 20.5 Å². The molecule has 0 aromatic heterocycles. The highest BCUT2D eigenvalue weighted by atomic mass is 16.5. The summed E-state index contributed by atoms with van der Waals surface area (Å²) < 4.78 is 4.55. The van der Waals surface area contributed by atoms with Gasteiger partial charge >= 0.3 is 0 Å². The van der Waals surface area contributed by atoms with Crippen molar-refractivity contribution in [2.75, 3.05) is 0 Å². The number of carbonyl (C=O) groups is 3. The molecule has 0 saturated carbocycles. The van der Waals surface area contributed by atoms with Crippen molar-refractivity contribution in [3.8, 4) is 5.75 Å². The van der Waals surface area contributed by atoms with Crippen molar-refractivity contribution in [3.05, 3.63) is 29.3 Å². The number of rotatable bonds is 5. The van der Waals surface area contributed by atoms with Crippen LogP contribution < -0.4 is 5.73 Å². The number of benzene rings is 1. The lowest BCUT2D eigenvalue weighted by Crippen LogP contribution is -2.44. The molecule has 1 aliphatic rings. The first-order valence-corrected chi connectivity index (χ1v) is 9.14. The lowest BCUT2D eigenvalue weighted by atomic mass is 10.1. The molecule has 27 heavy (non-hydrogen) atoms. The van der Waals surface area contributed by atoms with E-state index in [0.29, 0.717) is 25.0 Å². The Morgan fingerprint density at radius 3 is 2.37 bits per heavy atom. The van der Waals surface area contributed by atoms with Gasteiger partial charge in [0.05, 0.1) is 0 Å². The average Bonchev–Trinajstić information content (AvgIpc) is 2.89. The molecule has 2 rings (SSSR count). The summed E-state index contributed by atoms with van der Waals surface area (Å²) in [5, 5.41) is 9.40. The lowest BCUT2D eigenvalue weighted by Gasteiger charge is -2.24. The number of aromatic hydroxyl groups is 1. The summed E-state index contributed by atoms with van der Waals surface area (Å²) in [6.45, 7) is 12.2. The molecule has 7 heteroatoms. The third kappa shape index (κ3) is 7.68. The van der Waals surface area contributed by atoms with E-state index in [1.54, 1.807) is 12.1 Å². The fourth-order valence-corrected chi connectivity index (χ4v) is 2.45. The maximum atomic E-state index is 12.2. The molecule has 0 spiro atoms. The average molecular weight is 380 g/mol. The third-order valence-electron chi connectivity index (χ3n) is 3.59. The molecule has 0 bridgehead atoms.